The Morgan fingerprint density at radius 3 is 2.32 bits per heavy atom. The van der Waals surface area contributed by atoms with Gasteiger partial charge in [-0.05, 0) is 62.8 Å². The normalized spacial score (nSPS) is 24.4. The summed E-state index contributed by atoms with van der Waals surface area (Å²) in [5, 5.41) is 3.48. The van der Waals surface area contributed by atoms with E-state index in [0.717, 1.165) is 19.3 Å². The van der Waals surface area contributed by atoms with E-state index in [2.05, 4.69) is 12.2 Å². The molecule has 2 aliphatic rings. The van der Waals surface area contributed by atoms with Gasteiger partial charge in [-0.1, -0.05) is 31.4 Å². The number of carbonyl (C=O) groups is 2. The van der Waals surface area contributed by atoms with Gasteiger partial charge in [-0.25, -0.2) is 8.42 Å². The molecule has 1 aromatic rings. The summed E-state index contributed by atoms with van der Waals surface area (Å²) >= 11 is 5.84. The highest BCUT2D eigenvalue weighted by Crippen LogP contribution is 2.26. The minimum atomic E-state index is -3.63. The number of hydrogen-bond donors (Lipinski definition) is 1. The second-order valence-corrected chi connectivity index (χ2v) is 11.0. The molecule has 1 aliphatic carbocycles. The first-order valence-electron chi connectivity index (χ1n) is 10.9. The molecule has 1 aromatic carbocycles. The lowest BCUT2D eigenvalue weighted by Gasteiger charge is -2.32. The molecular formula is C22H31ClN2O5S. The maximum absolute atomic E-state index is 12.8. The van der Waals surface area contributed by atoms with Crippen LogP contribution in [0.4, 0.5) is 0 Å². The first kappa shape index (κ1) is 24.0. The minimum Gasteiger partial charge on any atom is -0.452 e. The number of rotatable bonds is 6. The zero-order valence-electron chi connectivity index (χ0n) is 18.1. The summed E-state index contributed by atoms with van der Waals surface area (Å²) in [5.74, 6) is -0.703. The molecule has 31 heavy (non-hydrogen) atoms. The van der Waals surface area contributed by atoms with Gasteiger partial charge in [0.1, 0.15) is 0 Å². The van der Waals surface area contributed by atoms with Gasteiger partial charge in [-0.15, -0.1) is 0 Å². The van der Waals surface area contributed by atoms with Crippen molar-refractivity contribution in [3.8, 4) is 0 Å². The van der Waals surface area contributed by atoms with E-state index >= 15 is 0 Å². The maximum atomic E-state index is 12.8. The third-order valence-electron chi connectivity index (χ3n) is 6.34. The fraction of sp³-hybridized carbons (Fsp3) is 0.636. The first-order valence-corrected chi connectivity index (χ1v) is 12.8. The number of amides is 1. The summed E-state index contributed by atoms with van der Waals surface area (Å²) in [6.07, 6.45) is 4.19. The number of nitrogens with one attached hydrogen (secondary N) is 1. The topological polar surface area (TPSA) is 92.8 Å². The van der Waals surface area contributed by atoms with Crippen molar-refractivity contribution in [2.24, 2.45) is 11.8 Å². The van der Waals surface area contributed by atoms with Gasteiger partial charge in [0.15, 0.2) is 6.10 Å². The molecule has 0 aromatic heterocycles. The zero-order chi connectivity index (χ0) is 22.6. The molecule has 1 heterocycles. The molecule has 1 aliphatic heterocycles. The van der Waals surface area contributed by atoms with Crippen LogP contribution in [0.5, 0.6) is 0 Å². The average molecular weight is 471 g/mol. The van der Waals surface area contributed by atoms with Crippen LogP contribution in [-0.4, -0.2) is 49.8 Å². The molecule has 1 saturated carbocycles. The number of sulfonamides is 1. The van der Waals surface area contributed by atoms with E-state index in [9.17, 15) is 18.0 Å². The van der Waals surface area contributed by atoms with Crippen LogP contribution in [0.3, 0.4) is 0 Å². The van der Waals surface area contributed by atoms with Crippen molar-refractivity contribution in [1.29, 1.82) is 0 Å². The second kappa shape index (κ2) is 10.3. The highest BCUT2D eigenvalue weighted by atomic mass is 35.5. The summed E-state index contributed by atoms with van der Waals surface area (Å²) < 4.78 is 32.3. The number of ether oxygens (including phenoxy) is 1. The molecule has 9 heteroatoms. The predicted octanol–water partition coefficient (Wildman–Crippen LogP) is 3.37. The van der Waals surface area contributed by atoms with E-state index in [1.54, 1.807) is 19.1 Å². The summed E-state index contributed by atoms with van der Waals surface area (Å²) in [4.78, 5) is 25.2. The smallest absolute Gasteiger partial charge is 0.309 e. The summed E-state index contributed by atoms with van der Waals surface area (Å²) in [6.45, 7) is 4.17. The number of benzene rings is 1. The Kier molecular flexibility index (Phi) is 7.99. The molecule has 1 amide bonds. The van der Waals surface area contributed by atoms with Crippen molar-refractivity contribution in [1.82, 2.24) is 9.62 Å². The van der Waals surface area contributed by atoms with E-state index in [4.69, 9.17) is 16.3 Å². The van der Waals surface area contributed by atoms with E-state index in [1.807, 2.05) is 0 Å². The Bertz CT molecular complexity index is 882. The van der Waals surface area contributed by atoms with Crippen LogP contribution < -0.4 is 5.32 Å². The number of hydrogen-bond acceptors (Lipinski definition) is 5. The molecule has 1 saturated heterocycles. The van der Waals surface area contributed by atoms with E-state index in [0.29, 0.717) is 23.8 Å². The third-order valence-corrected chi connectivity index (χ3v) is 8.50. The Labute approximate surface area is 189 Å². The van der Waals surface area contributed by atoms with E-state index in [1.165, 1.54) is 22.9 Å². The number of nitrogens with zero attached hydrogens (tertiary/aromatic N) is 1. The monoisotopic (exact) mass is 470 g/mol. The lowest BCUT2D eigenvalue weighted by atomic mass is 9.86. The van der Waals surface area contributed by atoms with Crippen LogP contribution in [0.1, 0.15) is 52.4 Å². The molecular weight excluding hydrogens is 440 g/mol. The number of esters is 1. The highest BCUT2D eigenvalue weighted by Gasteiger charge is 2.34. The molecule has 0 unspecified atom stereocenters. The maximum Gasteiger partial charge on any atom is 0.309 e. The van der Waals surface area contributed by atoms with E-state index < -0.39 is 28.0 Å². The van der Waals surface area contributed by atoms with Gasteiger partial charge in [0, 0.05) is 24.2 Å². The molecule has 3 rings (SSSR count). The fourth-order valence-electron chi connectivity index (χ4n) is 4.24. The van der Waals surface area contributed by atoms with Crippen LogP contribution in [0, 0.1) is 11.8 Å². The molecule has 0 spiro atoms. The molecule has 7 nitrogen and oxygen atoms in total. The number of carbonyl (C=O) groups excluding carboxylic acids is 2. The summed E-state index contributed by atoms with van der Waals surface area (Å²) in [5.41, 5.74) is 0. The van der Waals surface area contributed by atoms with Gasteiger partial charge in [0.25, 0.3) is 5.91 Å². The molecule has 3 atom stereocenters. The molecule has 0 radical (unpaired) electrons. The van der Waals surface area contributed by atoms with Crippen molar-refractivity contribution in [3.63, 3.8) is 0 Å². The fourth-order valence-corrected chi connectivity index (χ4v) is 5.84. The molecule has 2 fully saturated rings. The lowest BCUT2D eigenvalue weighted by molar-refractivity contribution is -0.160. The molecule has 172 valence electrons. The Hall–Kier alpha value is -1.64. The van der Waals surface area contributed by atoms with Gasteiger partial charge < -0.3 is 10.1 Å². The van der Waals surface area contributed by atoms with Crippen molar-refractivity contribution < 1.29 is 22.7 Å². The summed E-state index contributed by atoms with van der Waals surface area (Å²) in [6, 6.07) is 6.17. The van der Waals surface area contributed by atoms with Gasteiger partial charge >= 0.3 is 5.97 Å². The number of halogens is 1. The quantitative estimate of drug-likeness (QED) is 0.643. The summed E-state index contributed by atoms with van der Waals surface area (Å²) in [7, 11) is -3.63. The first-order chi connectivity index (χ1) is 14.7. The Morgan fingerprint density at radius 2 is 1.71 bits per heavy atom. The molecule has 1 N–H and O–H groups in total. The van der Waals surface area contributed by atoms with Crippen LogP contribution in [0.2, 0.25) is 5.02 Å². The standard InChI is InChI=1S/C22H31ClN2O5S/c1-15-5-3-4-6-20(15)24-21(26)16(2)30-22(27)17-11-13-25(14-12-17)31(28,29)19-9-7-18(23)8-10-19/h7-10,15-17,20H,3-6,11-14H2,1-2H3,(H,24,26)/t15-,16-,20+/m0/s1. The lowest BCUT2D eigenvalue weighted by Crippen LogP contribution is -2.47. The third kappa shape index (κ3) is 5.99. The van der Waals surface area contributed by atoms with Gasteiger partial charge in [-0.2, -0.15) is 4.31 Å². The largest absolute Gasteiger partial charge is 0.452 e. The zero-order valence-corrected chi connectivity index (χ0v) is 19.6. The highest BCUT2D eigenvalue weighted by molar-refractivity contribution is 7.89. The van der Waals surface area contributed by atoms with Gasteiger partial charge in [0.05, 0.1) is 10.8 Å². The number of piperidine rings is 1. The van der Waals surface area contributed by atoms with Crippen LogP contribution in [0.15, 0.2) is 29.2 Å². The molecule has 0 bridgehead atoms. The average Bonchev–Trinajstić information content (AvgIpc) is 2.75. The minimum absolute atomic E-state index is 0.128. The SMILES string of the molecule is C[C@H](OC(=O)C1CCN(S(=O)(=O)c2ccc(Cl)cc2)CC1)C(=O)N[C@@H]1CCCC[C@@H]1C. The van der Waals surface area contributed by atoms with Crippen molar-refractivity contribution in [3.05, 3.63) is 29.3 Å². The van der Waals surface area contributed by atoms with Gasteiger partial charge in [0.2, 0.25) is 10.0 Å². The van der Waals surface area contributed by atoms with Crippen molar-refractivity contribution in [2.45, 2.75) is 69.4 Å². The Balaban J connectivity index is 1.49. The van der Waals surface area contributed by atoms with Crippen molar-refractivity contribution in [2.75, 3.05) is 13.1 Å². The predicted molar refractivity (Wildman–Crippen MR) is 118 cm³/mol. The van der Waals surface area contributed by atoms with E-state index in [-0.39, 0.29) is 29.9 Å². The van der Waals surface area contributed by atoms with Crippen LogP contribution in [-0.2, 0) is 24.3 Å². The Morgan fingerprint density at radius 1 is 1.10 bits per heavy atom. The van der Waals surface area contributed by atoms with Crippen LogP contribution in [0.25, 0.3) is 0 Å². The van der Waals surface area contributed by atoms with Crippen molar-refractivity contribution >= 4 is 33.5 Å². The second-order valence-electron chi connectivity index (χ2n) is 8.59. The van der Waals surface area contributed by atoms with Gasteiger partial charge in [-0.3, -0.25) is 9.59 Å². The van der Waals surface area contributed by atoms with Crippen LogP contribution >= 0.6 is 11.6 Å².